The molecule has 0 aliphatic heterocycles. The molecule has 3 rings (SSSR count). The van der Waals surface area contributed by atoms with Crippen molar-refractivity contribution in [2.75, 3.05) is 0 Å². The Kier molecular flexibility index (Phi) is 2.65. The van der Waals surface area contributed by atoms with Crippen molar-refractivity contribution in [2.24, 2.45) is 0 Å². The van der Waals surface area contributed by atoms with Crippen molar-refractivity contribution in [3.63, 3.8) is 0 Å². The maximum Gasteiger partial charge on any atom is 0.278 e. The molecule has 0 atom stereocenters. The minimum absolute atomic E-state index is 0.286. The Morgan fingerprint density at radius 1 is 1.17 bits per heavy atom. The summed E-state index contributed by atoms with van der Waals surface area (Å²) in [5.41, 5.74) is 2.21. The minimum Gasteiger partial charge on any atom is -0.353 e. The summed E-state index contributed by atoms with van der Waals surface area (Å²) in [6.07, 6.45) is 1.35. The number of rotatable bonds is 1. The van der Waals surface area contributed by atoms with E-state index in [2.05, 4.69) is 4.98 Å². The summed E-state index contributed by atoms with van der Waals surface area (Å²) in [4.78, 5) is 14.6. The molecule has 1 N–H and O–H groups in total. The van der Waals surface area contributed by atoms with E-state index in [4.69, 9.17) is 0 Å². The van der Waals surface area contributed by atoms with E-state index in [1.54, 1.807) is 6.07 Å². The quantitative estimate of drug-likeness (QED) is 0.826. The van der Waals surface area contributed by atoms with Crippen LogP contribution < -0.4 is 5.43 Å². The standard InChI is InChI=1S/C14H13F2NO/c15-14(16)11-7-12(18)10-6-5-8-3-1-2-4-9(8)13(10)17-11/h5-7,14H,1-4H2,(H,17,18). The van der Waals surface area contributed by atoms with Crippen molar-refractivity contribution in [2.45, 2.75) is 32.1 Å². The Labute approximate surface area is 103 Å². The average molecular weight is 249 g/mol. The highest BCUT2D eigenvalue weighted by atomic mass is 19.3. The van der Waals surface area contributed by atoms with Gasteiger partial charge < -0.3 is 4.98 Å². The smallest absolute Gasteiger partial charge is 0.278 e. The molecule has 4 heteroatoms. The van der Waals surface area contributed by atoms with Gasteiger partial charge in [-0.3, -0.25) is 4.79 Å². The third-order valence-electron chi connectivity index (χ3n) is 3.59. The van der Waals surface area contributed by atoms with Gasteiger partial charge in [-0.1, -0.05) is 6.07 Å². The third kappa shape index (κ3) is 1.72. The average Bonchev–Trinajstić information content (AvgIpc) is 2.38. The van der Waals surface area contributed by atoms with Crippen molar-refractivity contribution in [1.29, 1.82) is 0 Å². The Morgan fingerprint density at radius 3 is 2.72 bits per heavy atom. The van der Waals surface area contributed by atoms with Gasteiger partial charge in [-0.2, -0.15) is 0 Å². The van der Waals surface area contributed by atoms with Crippen LogP contribution in [-0.2, 0) is 12.8 Å². The lowest BCUT2D eigenvalue weighted by atomic mass is 9.89. The number of H-pyrrole nitrogens is 1. The molecular weight excluding hydrogens is 236 g/mol. The highest BCUT2D eigenvalue weighted by molar-refractivity contribution is 5.83. The van der Waals surface area contributed by atoms with Crippen LogP contribution in [0.25, 0.3) is 10.9 Å². The monoisotopic (exact) mass is 249 g/mol. The molecule has 1 aromatic heterocycles. The van der Waals surface area contributed by atoms with Gasteiger partial charge >= 0.3 is 0 Å². The Morgan fingerprint density at radius 2 is 1.94 bits per heavy atom. The molecular formula is C14H13F2NO. The van der Waals surface area contributed by atoms with Crippen LogP contribution in [0.1, 0.15) is 36.1 Å². The van der Waals surface area contributed by atoms with Gasteiger partial charge in [0, 0.05) is 11.5 Å². The molecule has 0 saturated carbocycles. The molecule has 1 aromatic carbocycles. The zero-order chi connectivity index (χ0) is 12.7. The van der Waals surface area contributed by atoms with Crippen LogP contribution in [0.5, 0.6) is 0 Å². The summed E-state index contributed by atoms with van der Waals surface area (Å²) in [5, 5.41) is 0.514. The van der Waals surface area contributed by atoms with Crippen LogP contribution in [0.4, 0.5) is 8.78 Å². The highest BCUT2D eigenvalue weighted by Crippen LogP contribution is 2.28. The summed E-state index contributed by atoms with van der Waals surface area (Å²) in [5.74, 6) is 0. The van der Waals surface area contributed by atoms with E-state index in [9.17, 15) is 13.6 Å². The SMILES string of the molecule is O=c1cc(C(F)F)[nH]c2c3c(ccc12)CCCC3. The molecule has 94 valence electrons. The van der Waals surface area contributed by atoms with Crippen LogP contribution >= 0.6 is 0 Å². The molecule has 2 nitrogen and oxygen atoms in total. The summed E-state index contributed by atoms with van der Waals surface area (Å²) >= 11 is 0. The second kappa shape index (κ2) is 4.19. The number of aromatic amines is 1. The molecule has 1 heterocycles. The second-order valence-corrected chi connectivity index (χ2v) is 4.72. The van der Waals surface area contributed by atoms with E-state index in [1.165, 1.54) is 5.56 Å². The lowest BCUT2D eigenvalue weighted by Crippen LogP contribution is -2.10. The molecule has 0 amide bonds. The van der Waals surface area contributed by atoms with Gasteiger partial charge in [-0.05, 0) is 42.9 Å². The number of hydrogen-bond donors (Lipinski definition) is 1. The molecule has 0 saturated heterocycles. The topological polar surface area (TPSA) is 32.9 Å². The molecule has 0 fully saturated rings. The molecule has 1 aliphatic carbocycles. The molecule has 18 heavy (non-hydrogen) atoms. The largest absolute Gasteiger partial charge is 0.353 e. The van der Waals surface area contributed by atoms with Gasteiger partial charge in [0.25, 0.3) is 6.43 Å². The fourth-order valence-corrected chi connectivity index (χ4v) is 2.69. The summed E-state index contributed by atoms with van der Waals surface area (Å²) in [7, 11) is 0. The van der Waals surface area contributed by atoms with E-state index >= 15 is 0 Å². The Hall–Kier alpha value is -1.71. The first kappa shape index (κ1) is 11.4. The van der Waals surface area contributed by atoms with Crippen LogP contribution in [0.3, 0.4) is 0 Å². The van der Waals surface area contributed by atoms with Crippen LogP contribution in [-0.4, -0.2) is 4.98 Å². The molecule has 1 aliphatic rings. The fourth-order valence-electron chi connectivity index (χ4n) is 2.69. The van der Waals surface area contributed by atoms with Gasteiger partial charge in [0.15, 0.2) is 5.43 Å². The summed E-state index contributed by atoms with van der Waals surface area (Å²) in [6.45, 7) is 0. The van der Waals surface area contributed by atoms with E-state index in [0.29, 0.717) is 10.9 Å². The predicted molar refractivity (Wildman–Crippen MR) is 66.2 cm³/mol. The lowest BCUT2D eigenvalue weighted by Gasteiger charge is -2.18. The summed E-state index contributed by atoms with van der Waals surface area (Å²) in [6, 6.07) is 4.70. The predicted octanol–water partition coefficient (Wildman–Crippen LogP) is 3.34. The maximum atomic E-state index is 12.7. The number of pyridine rings is 1. The zero-order valence-electron chi connectivity index (χ0n) is 9.80. The second-order valence-electron chi connectivity index (χ2n) is 4.72. The Balaban J connectivity index is 2.35. The van der Waals surface area contributed by atoms with Crippen LogP contribution in [0.2, 0.25) is 0 Å². The van der Waals surface area contributed by atoms with E-state index in [0.717, 1.165) is 37.3 Å². The minimum atomic E-state index is -2.64. The molecule has 0 bridgehead atoms. The van der Waals surface area contributed by atoms with Crippen molar-refractivity contribution >= 4 is 10.9 Å². The van der Waals surface area contributed by atoms with Crippen molar-refractivity contribution < 1.29 is 8.78 Å². The fraction of sp³-hybridized carbons (Fsp3) is 0.357. The maximum absolute atomic E-state index is 12.7. The number of nitrogens with one attached hydrogen (secondary N) is 1. The van der Waals surface area contributed by atoms with E-state index < -0.39 is 6.43 Å². The van der Waals surface area contributed by atoms with Gasteiger partial charge in [-0.15, -0.1) is 0 Å². The highest BCUT2D eigenvalue weighted by Gasteiger charge is 2.16. The summed E-state index contributed by atoms with van der Waals surface area (Å²) < 4.78 is 25.5. The van der Waals surface area contributed by atoms with E-state index in [1.807, 2.05) is 6.07 Å². The van der Waals surface area contributed by atoms with Crippen molar-refractivity contribution in [3.8, 4) is 0 Å². The van der Waals surface area contributed by atoms with Gasteiger partial charge in [0.2, 0.25) is 0 Å². The number of halogens is 2. The van der Waals surface area contributed by atoms with Crippen molar-refractivity contribution in [3.05, 3.63) is 45.2 Å². The van der Waals surface area contributed by atoms with Gasteiger partial charge in [0.05, 0.1) is 11.2 Å². The molecule has 0 spiro atoms. The van der Waals surface area contributed by atoms with Crippen LogP contribution in [0.15, 0.2) is 23.0 Å². The zero-order valence-corrected chi connectivity index (χ0v) is 9.80. The number of hydrogen-bond acceptors (Lipinski definition) is 1. The Bertz CT molecular complexity index is 661. The van der Waals surface area contributed by atoms with Gasteiger partial charge in [-0.25, -0.2) is 8.78 Å². The van der Waals surface area contributed by atoms with E-state index in [-0.39, 0.29) is 11.1 Å². The van der Waals surface area contributed by atoms with Crippen molar-refractivity contribution in [1.82, 2.24) is 4.98 Å². The number of fused-ring (bicyclic) bond motifs is 3. The number of alkyl halides is 2. The number of aromatic nitrogens is 1. The molecule has 0 unspecified atom stereocenters. The third-order valence-corrected chi connectivity index (χ3v) is 3.59. The lowest BCUT2D eigenvalue weighted by molar-refractivity contribution is 0.146. The first-order chi connectivity index (χ1) is 8.66. The molecule has 2 aromatic rings. The van der Waals surface area contributed by atoms with Gasteiger partial charge in [0.1, 0.15) is 0 Å². The first-order valence-corrected chi connectivity index (χ1v) is 6.12. The number of aryl methyl sites for hydroxylation is 2. The number of benzene rings is 1. The van der Waals surface area contributed by atoms with Crippen LogP contribution in [0, 0.1) is 0 Å². The first-order valence-electron chi connectivity index (χ1n) is 6.12. The molecule has 0 radical (unpaired) electrons. The normalized spacial score (nSPS) is 15.1.